The van der Waals surface area contributed by atoms with Crippen molar-refractivity contribution in [2.45, 2.75) is 33.7 Å². The lowest BCUT2D eigenvalue weighted by Crippen LogP contribution is -2.25. The number of carbonyl (C=O) groups is 1. The van der Waals surface area contributed by atoms with Gasteiger partial charge in [-0.2, -0.15) is 0 Å². The van der Waals surface area contributed by atoms with Gasteiger partial charge in [0.15, 0.2) is 5.82 Å². The summed E-state index contributed by atoms with van der Waals surface area (Å²) in [5, 5.41) is 3.06. The topological polar surface area (TPSA) is 73.2 Å². The molecule has 25 heavy (non-hydrogen) atoms. The van der Waals surface area contributed by atoms with E-state index in [1.807, 2.05) is 31.2 Å². The Bertz CT molecular complexity index is 766. The fourth-order valence-electron chi connectivity index (χ4n) is 2.57. The highest BCUT2D eigenvalue weighted by Crippen LogP contribution is 2.16. The monoisotopic (exact) mass is 343 g/mol. The van der Waals surface area contributed by atoms with Gasteiger partial charge in [0.25, 0.3) is 5.56 Å². The van der Waals surface area contributed by atoms with Crippen LogP contribution in [0.15, 0.2) is 41.5 Å². The van der Waals surface area contributed by atoms with Gasteiger partial charge in [0, 0.05) is 24.6 Å². The highest BCUT2D eigenvalue weighted by Gasteiger charge is 2.13. The van der Waals surface area contributed by atoms with E-state index < -0.39 is 0 Å². The number of ether oxygens (including phenoxy) is 1. The fourth-order valence-corrected chi connectivity index (χ4v) is 2.57. The maximum absolute atomic E-state index is 12.4. The maximum atomic E-state index is 12.4. The molecule has 0 saturated heterocycles. The van der Waals surface area contributed by atoms with E-state index in [9.17, 15) is 9.59 Å². The molecule has 0 bridgehead atoms. The van der Waals surface area contributed by atoms with Crippen LogP contribution in [0.4, 0.5) is 11.5 Å². The molecular weight excluding hydrogens is 318 g/mol. The van der Waals surface area contributed by atoms with Crippen LogP contribution in [0.2, 0.25) is 0 Å². The van der Waals surface area contributed by atoms with E-state index in [1.54, 1.807) is 17.0 Å². The minimum absolute atomic E-state index is 0.139. The summed E-state index contributed by atoms with van der Waals surface area (Å²) in [6.45, 7) is 6.62. The van der Waals surface area contributed by atoms with Crippen LogP contribution < -0.4 is 10.9 Å². The van der Waals surface area contributed by atoms with Crippen LogP contribution >= 0.6 is 0 Å². The number of anilines is 2. The molecule has 2 rings (SSSR count). The van der Waals surface area contributed by atoms with Gasteiger partial charge in [0.1, 0.15) is 0 Å². The number of hydrogen-bond acceptors (Lipinski definition) is 5. The first-order chi connectivity index (χ1) is 11.9. The molecule has 0 aliphatic heterocycles. The second-order valence-corrected chi connectivity index (χ2v) is 6.58. The predicted molar refractivity (Wildman–Crippen MR) is 97.9 cm³/mol. The summed E-state index contributed by atoms with van der Waals surface area (Å²) in [6.07, 6.45) is 3.93. The van der Waals surface area contributed by atoms with Gasteiger partial charge >= 0.3 is 5.97 Å². The first-order valence-electron chi connectivity index (χ1n) is 8.40. The van der Waals surface area contributed by atoms with Crippen molar-refractivity contribution in [3.8, 4) is 0 Å². The molecule has 1 unspecified atom stereocenters. The lowest BCUT2D eigenvalue weighted by Gasteiger charge is -2.12. The summed E-state index contributed by atoms with van der Waals surface area (Å²) in [4.78, 5) is 28.0. The summed E-state index contributed by atoms with van der Waals surface area (Å²) in [7, 11) is 1.39. The number of nitrogens with one attached hydrogen (secondary N) is 1. The average Bonchev–Trinajstić information content (AvgIpc) is 2.59. The third kappa shape index (κ3) is 5.17. The van der Waals surface area contributed by atoms with Gasteiger partial charge in [-0.25, -0.2) is 4.98 Å². The highest BCUT2D eigenvalue weighted by molar-refractivity contribution is 5.72. The summed E-state index contributed by atoms with van der Waals surface area (Å²) in [5.74, 6) is 0.270. The summed E-state index contributed by atoms with van der Waals surface area (Å²) < 4.78 is 6.40. The van der Waals surface area contributed by atoms with Crippen LogP contribution in [0.3, 0.4) is 0 Å². The minimum atomic E-state index is -0.221. The Kier molecular flexibility index (Phi) is 6.33. The van der Waals surface area contributed by atoms with Gasteiger partial charge in [0.05, 0.1) is 13.0 Å². The minimum Gasteiger partial charge on any atom is -0.469 e. The Morgan fingerprint density at radius 1 is 1.24 bits per heavy atom. The predicted octanol–water partition coefficient (Wildman–Crippen LogP) is 2.99. The molecule has 1 atom stereocenters. The number of aromatic nitrogens is 2. The number of esters is 1. The molecule has 1 heterocycles. The summed E-state index contributed by atoms with van der Waals surface area (Å²) in [5.41, 5.74) is 1.67. The first-order valence-corrected chi connectivity index (χ1v) is 8.40. The largest absolute Gasteiger partial charge is 0.469 e. The normalized spacial score (nSPS) is 12.0. The van der Waals surface area contributed by atoms with Crippen molar-refractivity contribution in [2.75, 3.05) is 12.4 Å². The van der Waals surface area contributed by atoms with E-state index in [0.29, 0.717) is 24.7 Å². The number of rotatable bonds is 7. The lowest BCUT2D eigenvalue weighted by molar-refractivity contribution is -0.144. The van der Waals surface area contributed by atoms with Crippen molar-refractivity contribution in [3.63, 3.8) is 0 Å². The van der Waals surface area contributed by atoms with E-state index in [1.165, 1.54) is 7.11 Å². The zero-order valence-electron chi connectivity index (χ0n) is 15.2. The van der Waals surface area contributed by atoms with Gasteiger partial charge in [-0.05, 0) is 30.0 Å². The van der Waals surface area contributed by atoms with Crippen LogP contribution in [0.1, 0.15) is 26.3 Å². The van der Waals surface area contributed by atoms with Gasteiger partial charge in [-0.3, -0.25) is 9.59 Å². The Hall–Kier alpha value is -2.63. The molecule has 1 N–H and O–H groups in total. The van der Waals surface area contributed by atoms with Crippen LogP contribution in [0.5, 0.6) is 0 Å². The first kappa shape index (κ1) is 18.7. The molecule has 0 aliphatic rings. The third-order valence-electron chi connectivity index (χ3n) is 3.84. The van der Waals surface area contributed by atoms with Gasteiger partial charge in [-0.15, -0.1) is 0 Å². The maximum Gasteiger partial charge on any atom is 0.308 e. The summed E-state index contributed by atoms with van der Waals surface area (Å²) >= 11 is 0. The van der Waals surface area contributed by atoms with Crippen LogP contribution in [-0.4, -0.2) is 22.6 Å². The second kappa shape index (κ2) is 8.46. The van der Waals surface area contributed by atoms with Crippen molar-refractivity contribution in [1.82, 2.24) is 9.55 Å². The Labute approximate surface area is 147 Å². The Morgan fingerprint density at radius 3 is 2.52 bits per heavy atom. The SMILES string of the molecule is COC(=O)C(C)Cc1ccc(Nc2nccn(CC(C)C)c2=O)cc1. The van der Waals surface area contributed by atoms with Crippen molar-refractivity contribution < 1.29 is 9.53 Å². The van der Waals surface area contributed by atoms with Crippen LogP contribution in [0, 0.1) is 11.8 Å². The number of methoxy groups -OCH3 is 1. The summed E-state index contributed by atoms with van der Waals surface area (Å²) in [6, 6.07) is 7.61. The molecule has 6 nitrogen and oxygen atoms in total. The number of nitrogens with zero attached hydrogens (tertiary/aromatic N) is 2. The quantitative estimate of drug-likeness (QED) is 0.783. The molecule has 0 fully saturated rings. The molecule has 0 radical (unpaired) electrons. The van der Waals surface area contributed by atoms with E-state index >= 15 is 0 Å². The van der Waals surface area contributed by atoms with Crippen molar-refractivity contribution >= 4 is 17.5 Å². The molecule has 1 aromatic carbocycles. The van der Waals surface area contributed by atoms with Crippen LogP contribution in [-0.2, 0) is 22.5 Å². The molecule has 1 aromatic heterocycles. The number of benzene rings is 1. The molecule has 6 heteroatoms. The van der Waals surface area contributed by atoms with Gasteiger partial charge < -0.3 is 14.6 Å². The Balaban J connectivity index is 2.09. The lowest BCUT2D eigenvalue weighted by atomic mass is 10.0. The molecule has 0 saturated carbocycles. The van der Waals surface area contributed by atoms with Gasteiger partial charge in [-0.1, -0.05) is 32.9 Å². The Morgan fingerprint density at radius 2 is 1.92 bits per heavy atom. The third-order valence-corrected chi connectivity index (χ3v) is 3.84. The molecule has 0 spiro atoms. The molecule has 0 aliphatic carbocycles. The fraction of sp³-hybridized carbons (Fsp3) is 0.421. The molecule has 134 valence electrons. The molecular formula is C19H25N3O3. The molecule has 0 amide bonds. The van der Waals surface area contributed by atoms with Crippen molar-refractivity contribution in [1.29, 1.82) is 0 Å². The van der Waals surface area contributed by atoms with Gasteiger partial charge in [0.2, 0.25) is 0 Å². The van der Waals surface area contributed by atoms with E-state index in [4.69, 9.17) is 4.74 Å². The van der Waals surface area contributed by atoms with Crippen LogP contribution in [0.25, 0.3) is 0 Å². The number of hydrogen-bond donors (Lipinski definition) is 1. The number of carbonyl (C=O) groups excluding carboxylic acids is 1. The van der Waals surface area contributed by atoms with E-state index in [-0.39, 0.29) is 17.4 Å². The molecule has 2 aromatic rings. The van der Waals surface area contributed by atoms with Crippen molar-refractivity contribution in [3.05, 3.63) is 52.6 Å². The average molecular weight is 343 g/mol. The standard InChI is InChI=1S/C19H25N3O3/c1-13(2)12-22-10-9-20-17(18(22)23)21-16-7-5-15(6-8-16)11-14(3)19(24)25-4/h5-10,13-14H,11-12H2,1-4H3,(H,20,21). The zero-order valence-corrected chi connectivity index (χ0v) is 15.2. The second-order valence-electron chi connectivity index (χ2n) is 6.58. The zero-order chi connectivity index (χ0) is 18.4. The van der Waals surface area contributed by atoms with E-state index in [2.05, 4.69) is 24.1 Å². The highest BCUT2D eigenvalue weighted by atomic mass is 16.5. The smallest absolute Gasteiger partial charge is 0.308 e. The van der Waals surface area contributed by atoms with E-state index in [0.717, 1.165) is 11.3 Å². The van der Waals surface area contributed by atoms with Crippen molar-refractivity contribution in [2.24, 2.45) is 11.8 Å².